The Morgan fingerprint density at radius 3 is 1.91 bits per heavy atom. The average molecular weight is 192 g/mol. The maximum atomic E-state index is 5.80. The first-order chi connectivity index (χ1) is 5.36. The SMILES string of the molecule is CSCC1CCC(CSC)O1. The lowest BCUT2D eigenvalue weighted by Crippen LogP contribution is -2.14. The Morgan fingerprint density at radius 1 is 1.09 bits per heavy atom. The van der Waals surface area contributed by atoms with Gasteiger partial charge in [0.2, 0.25) is 0 Å². The summed E-state index contributed by atoms with van der Waals surface area (Å²) < 4.78 is 5.80. The lowest BCUT2D eigenvalue weighted by atomic mass is 10.2. The fraction of sp³-hybridized carbons (Fsp3) is 1.00. The lowest BCUT2D eigenvalue weighted by Gasteiger charge is -2.10. The summed E-state index contributed by atoms with van der Waals surface area (Å²) in [6, 6.07) is 0. The number of thioether (sulfide) groups is 2. The number of hydrogen-bond acceptors (Lipinski definition) is 3. The molecule has 2 unspecified atom stereocenters. The monoisotopic (exact) mass is 192 g/mol. The summed E-state index contributed by atoms with van der Waals surface area (Å²) in [5, 5.41) is 0. The molecule has 0 spiro atoms. The van der Waals surface area contributed by atoms with Gasteiger partial charge in [0.05, 0.1) is 12.2 Å². The molecule has 1 nitrogen and oxygen atoms in total. The van der Waals surface area contributed by atoms with Gasteiger partial charge in [0.1, 0.15) is 0 Å². The van der Waals surface area contributed by atoms with E-state index in [1.54, 1.807) is 0 Å². The van der Waals surface area contributed by atoms with Gasteiger partial charge < -0.3 is 4.74 Å². The molecule has 0 aromatic carbocycles. The molecule has 1 aliphatic rings. The highest BCUT2D eigenvalue weighted by molar-refractivity contribution is 7.98. The van der Waals surface area contributed by atoms with Gasteiger partial charge >= 0.3 is 0 Å². The van der Waals surface area contributed by atoms with Crippen LogP contribution < -0.4 is 0 Å². The Balaban J connectivity index is 2.12. The van der Waals surface area contributed by atoms with Gasteiger partial charge in [0, 0.05) is 11.5 Å². The quantitative estimate of drug-likeness (QED) is 0.676. The zero-order valence-electron chi connectivity index (χ0n) is 7.21. The summed E-state index contributed by atoms with van der Waals surface area (Å²) in [6.45, 7) is 0. The molecule has 0 amide bonds. The van der Waals surface area contributed by atoms with Crippen LogP contribution in [0.5, 0.6) is 0 Å². The predicted octanol–water partition coefficient (Wildman–Crippen LogP) is 2.26. The predicted molar refractivity (Wildman–Crippen MR) is 54.7 cm³/mol. The zero-order chi connectivity index (χ0) is 8.10. The van der Waals surface area contributed by atoms with Crippen LogP contribution in [0.15, 0.2) is 0 Å². The van der Waals surface area contributed by atoms with Crippen LogP contribution >= 0.6 is 23.5 Å². The number of ether oxygens (including phenoxy) is 1. The highest BCUT2D eigenvalue weighted by Gasteiger charge is 2.23. The summed E-state index contributed by atoms with van der Waals surface area (Å²) in [7, 11) is 0. The maximum Gasteiger partial charge on any atom is 0.0670 e. The van der Waals surface area contributed by atoms with Crippen molar-refractivity contribution in [2.24, 2.45) is 0 Å². The van der Waals surface area contributed by atoms with Crippen LogP contribution in [0.25, 0.3) is 0 Å². The minimum Gasteiger partial charge on any atom is -0.373 e. The molecule has 66 valence electrons. The third kappa shape index (κ3) is 3.26. The van der Waals surface area contributed by atoms with E-state index < -0.39 is 0 Å². The van der Waals surface area contributed by atoms with Crippen molar-refractivity contribution in [2.75, 3.05) is 24.0 Å². The number of hydrogen-bond donors (Lipinski definition) is 0. The summed E-state index contributed by atoms with van der Waals surface area (Å²) in [5.74, 6) is 2.34. The third-order valence-corrected chi connectivity index (χ3v) is 3.31. The van der Waals surface area contributed by atoms with Crippen molar-refractivity contribution in [3.05, 3.63) is 0 Å². The van der Waals surface area contributed by atoms with Crippen LogP contribution in [-0.2, 0) is 4.74 Å². The average Bonchev–Trinajstić information content (AvgIpc) is 2.38. The van der Waals surface area contributed by atoms with Crippen molar-refractivity contribution < 1.29 is 4.74 Å². The van der Waals surface area contributed by atoms with E-state index in [1.807, 2.05) is 23.5 Å². The Hall–Kier alpha value is 0.660. The van der Waals surface area contributed by atoms with Crippen molar-refractivity contribution in [3.63, 3.8) is 0 Å². The van der Waals surface area contributed by atoms with Crippen molar-refractivity contribution in [2.45, 2.75) is 25.0 Å². The fourth-order valence-corrected chi connectivity index (χ4v) is 2.63. The van der Waals surface area contributed by atoms with Crippen LogP contribution in [0.3, 0.4) is 0 Å². The lowest BCUT2D eigenvalue weighted by molar-refractivity contribution is 0.0728. The Morgan fingerprint density at radius 2 is 1.55 bits per heavy atom. The maximum absolute atomic E-state index is 5.80. The fourth-order valence-electron chi connectivity index (χ4n) is 1.40. The van der Waals surface area contributed by atoms with E-state index >= 15 is 0 Å². The van der Waals surface area contributed by atoms with Crippen molar-refractivity contribution in [1.82, 2.24) is 0 Å². The first-order valence-electron chi connectivity index (χ1n) is 4.00. The van der Waals surface area contributed by atoms with Crippen molar-refractivity contribution in [1.29, 1.82) is 0 Å². The second-order valence-corrected chi connectivity index (χ2v) is 4.69. The largest absolute Gasteiger partial charge is 0.373 e. The highest BCUT2D eigenvalue weighted by atomic mass is 32.2. The molecule has 1 saturated heterocycles. The minimum absolute atomic E-state index is 0.544. The topological polar surface area (TPSA) is 9.23 Å². The molecule has 0 bridgehead atoms. The molecule has 0 aliphatic carbocycles. The highest BCUT2D eigenvalue weighted by Crippen LogP contribution is 2.23. The molecule has 1 fully saturated rings. The molecule has 0 aromatic rings. The van der Waals surface area contributed by atoms with Crippen LogP contribution in [0.2, 0.25) is 0 Å². The van der Waals surface area contributed by atoms with E-state index in [2.05, 4.69) is 12.5 Å². The molecule has 1 rings (SSSR count). The molecule has 2 atom stereocenters. The molecule has 11 heavy (non-hydrogen) atoms. The van der Waals surface area contributed by atoms with Gasteiger partial charge in [-0.3, -0.25) is 0 Å². The summed E-state index contributed by atoms with van der Waals surface area (Å²) in [4.78, 5) is 0. The van der Waals surface area contributed by atoms with E-state index in [1.165, 1.54) is 24.3 Å². The van der Waals surface area contributed by atoms with Gasteiger partial charge in [-0.1, -0.05) is 0 Å². The number of rotatable bonds is 4. The molecule has 3 heteroatoms. The van der Waals surface area contributed by atoms with E-state index in [4.69, 9.17) is 4.74 Å². The van der Waals surface area contributed by atoms with Crippen molar-refractivity contribution in [3.8, 4) is 0 Å². The summed E-state index contributed by atoms with van der Waals surface area (Å²) >= 11 is 3.77. The standard InChI is InChI=1S/C8H16OS2/c1-10-5-7-3-4-8(9-7)6-11-2/h7-8H,3-6H2,1-2H3. The first-order valence-corrected chi connectivity index (χ1v) is 6.79. The van der Waals surface area contributed by atoms with Crippen LogP contribution in [0, 0.1) is 0 Å². The van der Waals surface area contributed by atoms with Gasteiger partial charge in [0.15, 0.2) is 0 Å². The van der Waals surface area contributed by atoms with E-state index in [9.17, 15) is 0 Å². The second-order valence-electron chi connectivity index (χ2n) is 2.87. The molecular formula is C8H16OS2. The molecule has 0 radical (unpaired) electrons. The van der Waals surface area contributed by atoms with Crippen LogP contribution in [0.1, 0.15) is 12.8 Å². The molecular weight excluding hydrogens is 176 g/mol. The molecule has 1 aliphatic heterocycles. The van der Waals surface area contributed by atoms with E-state index in [0.29, 0.717) is 12.2 Å². The smallest absolute Gasteiger partial charge is 0.0670 e. The van der Waals surface area contributed by atoms with Crippen LogP contribution in [0.4, 0.5) is 0 Å². The second kappa shape index (κ2) is 5.33. The molecule has 0 saturated carbocycles. The summed E-state index contributed by atoms with van der Waals surface area (Å²) in [6.07, 6.45) is 7.92. The minimum atomic E-state index is 0.544. The Bertz CT molecular complexity index is 96.3. The Kier molecular flexibility index (Phi) is 4.72. The summed E-state index contributed by atoms with van der Waals surface area (Å²) in [5.41, 5.74) is 0. The molecule has 0 N–H and O–H groups in total. The molecule has 0 aromatic heterocycles. The first kappa shape index (κ1) is 9.75. The van der Waals surface area contributed by atoms with Gasteiger partial charge in [0.25, 0.3) is 0 Å². The van der Waals surface area contributed by atoms with Crippen molar-refractivity contribution >= 4 is 23.5 Å². The Labute approximate surface area is 77.6 Å². The van der Waals surface area contributed by atoms with Gasteiger partial charge in [-0.15, -0.1) is 0 Å². The van der Waals surface area contributed by atoms with Crippen LogP contribution in [-0.4, -0.2) is 36.2 Å². The normalized spacial score (nSPS) is 31.1. The van der Waals surface area contributed by atoms with E-state index in [-0.39, 0.29) is 0 Å². The third-order valence-electron chi connectivity index (χ3n) is 1.90. The van der Waals surface area contributed by atoms with E-state index in [0.717, 1.165) is 0 Å². The zero-order valence-corrected chi connectivity index (χ0v) is 8.84. The van der Waals surface area contributed by atoms with Gasteiger partial charge in [-0.05, 0) is 25.4 Å². The molecule has 1 heterocycles. The van der Waals surface area contributed by atoms with Gasteiger partial charge in [-0.2, -0.15) is 23.5 Å². The van der Waals surface area contributed by atoms with Gasteiger partial charge in [-0.25, -0.2) is 0 Å².